The van der Waals surface area contributed by atoms with Crippen LogP contribution in [0.1, 0.15) is 0 Å². The zero-order valence-electron chi connectivity index (χ0n) is 28.9. The molecule has 1 heterocycles. The summed E-state index contributed by atoms with van der Waals surface area (Å²) in [7, 11) is 0. The molecule has 0 aliphatic heterocycles. The van der Waals surface area contributed by atoms with Crippen molar-refractivity contribution in [3.63, 3.8) is 0 Å². The lowest BCUT2D eigenvalue weighted by Crippen LogP contribution is -1.83. The van der Waals surface area contributed by atoms with Gasteiger partial charge < -0.3 is 4.42 Å². The monoisotopic (exact) mass is 672 g/mol. The van der Waals surface area contributed by atoms with E-state index in [4.69, 9.17) is 4.42 Å². The lowest BCUT2D eigenvalue weighted by Gasteiger charge is -2.09. The number of hydrogen-bond acceptors (Lipinski definition) is 1. The second-order valence-electron chi connectivity index (χ2n) is 14.2. The molecule has 11 rings (SSSR count). The number of fused-ring (bicyclic) bond motifs is 7. The molecule has 0 saturated heterocycles. The third-order valence-corrected chi connectivity index (χ3v) is 11.0. The van der Waals surface area contributed by atoms with E-state index >= 15 is 0 Å². The van der Waals surface area contributed by atoms with Crippen molar-refractivity contribution >= 4 is 65.0 Å². The highest BCUT2D eigenvalue weighted by Gasteiger charge is 2.12. The van der Waals surface area contributed by atoms with Crippen LogP contribution in [0, 0.1) is 0 Å². The van der Waals surface area contributed by atoms with E-state index in [0.29, 0.717) is 0 Å². The van der Waals surface area contributed by atoms with Crippen LogP contribution in [0.2, 0.25) is 0 Å². The normalized spacial score (nSPS) is 11.8. The van der Waals surface area contributed by atoms with E-state index < -0.39 is 0 Å². The first-order chi connectivity index (χ1) is 26.2. The van der Waals surface area contributed by atoms with Gasteiger partial charge in [-0.15, -0.1) is 0 Å². The third kappa shape index (κ3) is 5.17. The molecule has 10 aromatic carbocycles. The fourth-order valence-corrected chi connectivity index (χ4v) is 8.08. The highest BCUT2D eigenvalue weighted by atomic mass is 16.3. The second kappa shape index (κ2) is 11.8. The first-order valence-corrected chi connectivity index (χ1v) is 18.2. The van der Waals surface area contributed by atoms with Gasteiger partial charge in [-0.1, -0.05) is 133 Å². The van der Waals surface area contributed by atoms with Gasteiger partial charge >= 0.3 is 0 Å². The first kappa shape index (κ1) is 29.7. The molecule has 53 heavy (non-hydrogen) atoms. The Morgan fingerprint density at radius 1 is 0.208 bits per heavy atom. The maximum Gasteiger partial charge on any atom is 0.135 e. The van der Waals surface area contributed by atoms with Crippen LogP contribution in [-0.4, -0.2) is 0 Å². The lowest BCUT2D eigenvalue weighted by molar-refractivity contribution is 0.669. The minimum Gasteiger partial charge on any atom is -0.456 e. The van der Waals surface area contributed by atoms with Gasteiger partial charge in [0, 0.05) is 10.8 Å². The van der Waals surface area contributed by atoms with Crippen molar-refractivity contribution in [2.24, 2.45) is 0 Å². The predicted octanol–water partition coefficient (Wildman–Crippen LogP) is 14.9. The standard InChI is InChI=1S/C52H32O/c1-3-7-35-25-37(11-9-33(35)5-1)39-13-15-43-29-45(19-17-41(43)27-39)47-21-23-51-49(31-47)50-32-48(22-24-52(50)53-51)46-20-18-42-28-40(14-16-44(42)30-46)38-12-10-34-6-2-4-8-36(34)26-38/h1-32H. The summed E-state index contributed by atoms with van der Waals surface area (Å²) in [5.41, 5.74) is 11.5. The van der Waals surface area contributed by atoms with Crippen molar-refractivity contribution in [3.05, 3.63) is 194 Å². The molecule has 11 aromatic rings. The second-order valence-corrected chi connectivity index (χ2v) is 14.2. The van der Waals surface area contributed by atoms with Crippen LogP contribution in [0.25, 0.3) is 110 Å². The van der Waals surface area contributed by atoms with Crippen molar-refractivity contribution < 1.29 is 4.42 Å². The SMILES string of the molecule is c1ccc2cc(-c3ccc4cc(-c5ccc6oc7ccc(-c8ccc9cc(-c%10ccc%11ccccc%11c%10)ccc9c8)cc7c6c5)ccc4c3)ccc2c1. The van der Waals surface area contributed by atoms with Gasteiger partial charge in [-0.25, -0.2) is 0 Å². The average molecular weight is 673 g/mol. The third-order valence-electron chi connectivity index (χ3n) is 11.0. The quantitative estimate of drug-likeness (QED) is 0.181. The van der Waals surface area contributed by atoms with Crippen LogP contribution in [0.5, 0.6) is 0 Å². The summed E-state index contributed by atoms with van der Waals surface area (Å²) in [4.78, 5) is 0. The van der Waals surface area contributed by atoms with E-state index in [2.05, 4.69) is 194 Å². The summed E-state index contributed by atoms with van der Waals surface area (Å²) >= 11 is 0. The van der Waals surface area contributed by atoms with Gasteiger partial charge in [0.05, 0.1) is 0 Å². The van der Waals surface area contributed by atoms with Crippen LogP contribution in [0.4, 0.5) is 0 Å². The van der Waals surface area contributed by atoms with Gasteiger partial charge in [-0.2, -0.15) is 0 Å². The summed E-state index contributed by atoms with van der Waals surface area (Å²) in [5, 5.41) is 12.2. The molecule has 0 bridgehead atoms. The van der Waals surface area contributed by atoms with Gasteiger partial charge in [0.15, 0.2) is 0 Å². The number of furan rings is 1. The summed E-state index contributed by atoms with van der Waals surface area (Å²) in [6, 6.07) is 70.8. The molecule has 1 nitrogen and oxygen atoms in total. The Bertz CT molecular complexity index is 3020. The summed E-state index contributed by atoms with van der Waals surface area (Å²) < 4.78 is 6.34. The van der Waals surface area contributed by atoms with E-state index in [0.717, 1.165) is 21.9 Å². The molecule has 0 unspecified atom stereocenters. The molecule has 0 aliphatic carbocycles. The zero-order chi connectivity index (χ0) is 34.9. The fourth-order valence-electron chi connectivity index (χ4n) is 8.08. The van der Waals surface area contributed by atoms with Crippen LogP contribution in [0.15, 0.2) is 199 Å². The number of rotatable bonds is 4. The minimum atomic E-state index is 0.904. The topological polar surface area (TPSA) is 13.1 Å². The molecule has 0 N–H and O–H groups in total. The van der Waals surface area contributed by atoms with Crippen LogP contribution < -0.4 is 0 Å². The Labute approximate surface area is 307 Å². The van der Waals surface area contributed by atoms with Crippen molar-refractivity contribution in [3.8, 4) is 44.5 Å². The summed E-state index contributed by atoms with van der Waals surface area (Å²) in [6.45, 7) is 0. The highest BCUT2D eigenvalue weighted by molar-refractivity contribution is 6.08. The molecule has 0 amide bonds. The number of benzene rings is 10. The summed E-state index contributed by atoms with van der Waals surface area (Å²) in [6.07, 6.45) is 0. The Morgan fingerprint density at radius 3 is 0.792 bits per heavy atom. The Hall–Kier alpha value is -6.96. The van der Waals surface area contributed by atoms with E-state index in [9.17, 15) is 0 Å². The Balaban J connectivity index is 0.917. The first-order valence-electron chi connectivity index (χ1n) is 18.2. The van der Waals surface area contributed by atoms with Crippen molar-refractivity contribution in [2.45, 2.75) is 0 Å². The molecule has 246 valence electrons. The fraction of sp³-hybridized carbons (Fsp3) is 0. The van der Waals surface area contributed by atoms with E-state index in [1.54, 1.807) is 0 Å². The van der Waals surface area contributed by atoms with Crippen molar-refractivity contribution in [1.29, 1.82) is 0 Å². The molecule has 0 atom stereocenters. The van der Waals surface area contributed by atoms with Gasteiger partial charge in [-0.05, 0) is 148 Å². The van der Waals surface area contributed by atoms with Gasteiger partial charge in [0.2, 0.25) is 0 Å². The van der Waals surface area contributed by atoms with Crippen LogP contribution in [-0.2, 0) is 0 Å². The number of hydrogen-bond donors (Lipinski definition) is 0. The van der Waals surface area contributed by atoms with E-state index in [1.165, 1.54) is 87.6 Å². The molecular weight excluding hydrogens is 641 g/mol. The zero-order valence-corrected chi connectivity index (χ0v) is 28.9. The maximum absolute atomic E-state index is 6.34. The lowest BCUT2D eigenvalue weighted by atomic mass is 9.95. The predicted molar refractivity (Wildman–Crippen MR) is 225 cm³/mol. The van der Waals surface area contributed by atoms with Gasteiger partial charge in [0.1, 0.15) is 11.2 Å². The maximum atomic E-state index is 6.34. The average Bonchev–Trinajstić information content (AvgIpc) is 3.60. The molecule has 0 spiro atoms. The molecule has 1 heteroatoms. The molecular formula is C52H32O. The Morgan fingerprint density at radius 2 is 0.453 bits per heavy atom. The molecule has 1 aromatic heterocycles. The van der Waals surface area contributed by atoms with E-state index in [1.807, 2.05) is 0 Å². The highest BCUT2D eigenvalue weighted by Crippen LogP contribution is 2.37. The van der Waals surface area contributed by atoms with Crippen molar-refractivity contribution in [2.75, 3.05) is 0 Å². The minimum absolute atomic E-state index is 0.904. The van der Waals surface area contributed by atoms with Gasteiger partial charge in [-0.3, -0.25) is 0 Å². The van der Waals surface area contributed by atoms with E-state index in [-0.39, 0.29) is 0 Å². The van der Waals surface area contributed by atoms with Crippen LogP contribution in [0.3, 0.4) is 0 Å². The largest absolute Gasteiger partial charge is 0.456 e. The molecule has 0 radical (unpaired) electrons. The molecule has 0 saturated carbocycles. The Kier molecular flexibility index (Phi) is 6.62. The molecule has 0 aliphatic rings. The van der Waals surface area contributed by atoms with Crippen molar-refractivity contribution in [1.82, 2.24) is 0 Å². The smallest absolute Gasteiger partial charge is 0.135 e. The molecule has 0 fully saturated rings. The van der Waals surface area contributed by atoms with Gasteiger partial charge in [0.25, 0.3) is 0 Å². The van der Waals surface area contributed by atoms with Crippen LogP contribution >= 0.6 is 0 Å². The summed E-state index contributed by atoms with van der Waals surface area (Å²) in [5.74, 6) is 0.